The molecule has 1 amide bonds. The zero-order chi connectivity index (χ0) is 18.4. The Balaban J connectivity index is 1.93. The van der Waals surface area contributed by atoms with Gasteiger partial charge in [-0.15, -0.1) is 0 Å². The molecule has 0 aliphatic heterocycles. The molecule has 2 rings (SSSR count). The number of nitrogens with one attached hydrogen (secondary N) is 2. The number of sulfonamides is 1. The summed E-state index contributed by atoms with van der Waals surface area (Å²) in [6, 6.07) is 12.6. The lowest BCUT2D eigenvalue weighted by Gasteiger charge is -2.11. The monoisotopic (exact) mass is 360 g/mol. The first-order valence-corrected chi connectivity index (χ1v) is 9.76. The predicted octanol–water partition coefficient (Wildman–Crippen LogP) is 3.17. The topological polar surface area (TPSA) is 75.3 Å². The minimum atomic E-state index is -3.61. The molecular weight excluding hydrogens is 336 g/mol. The van der Waals surface area contributed by atoms with Crippen molar-refractivity contribution in [2.45, 2.75) is 38.5 Å². The molecule has 0 radical (unpaired) electrons. The standard InChI is InChI=1S/C19H24N2O3S/c1-4-16-7-5-6-8-18(16)21-19(22)11-12-20-25(23,24)17-10-9-14(2)15(3)13-17/h5-10,13,20H,4,11-12H2,1-3H3,(H,21,22). The van der Waals surface area contributed by atoms with Crippen molar-refractivity contribution in [2.24, 2.45) is 0 Å². The maximum absolute atomic E-state index is 12.3. The van der Waals surface area contributed by atoms with Crippen molar-refractivity contribution in [1.29, 1.82) is 0 Å². The predicted molar refractivity (Wildman–Crippen MR) is 100 cm³/mol. The Hall–Kier alpha value is -2.18. The van der Waals surface area contributed by atoms with Gasteiger partial charge in [0.05, 0.1) is 4.90 Å². The van der Waals surface area contributed by atoms with Crippen LogP contribution in [0.2, 0.25) is 0 Å². The van der Waals surface area contributed by atoms with E-state index < -0.39 is 10.0 Å². The van der Waals surface area contributed by atoms with Crippen LogP contribution in [0, 0.1) is 13.8 Å². The number of hydrogen-bond acceptors (Lipinski definition) is 3. The molecule has 0 atom stereocenters. The number of aryl methyl sites for hydroxylation is 3. The summed E-state index contributed by atoms with van der Waals surface area (Å²) >= 11 is 0. The van der Waals surface area contributed by atoms with E-state index in [0.717, 1.165) is 28.8 Å². The molecular formula is C19H24N2O3S. The van der Waals surface area contributed by atoms with Crippen LogP contribution in [0.4, 0.5) is 5.69 Å². The summed E-state index contributed by atoms with van der Waals surface area (Å²) in [6.45, 7) is 5.86. The van der Waals surface area contributed by atoms with Crippen molar-refractivity contribution in [3.63, 3.8) is 0 Å². The third-order valence-corrected chi connectivity index (χ3v) is 5.56. The molecule has 6 heteroatoms. The van der Waals surface area contributed by atoms with E-state index in [1.165, 1.54) is 0 Å². The quantitative estimate of drug-likeness (QED) is 0.796. The van der Waals surface area contributed by atoms with E-state index >= 15 is 0 Å². The highest BCUT2D eigenvalue weighted by molar-refractivity contribution is 7.89. The molecule has 0 aliphatic carbocycles. The number of anilines is 1. The van der Waals surface area contributed by atoms with Crippen LogP contribution in [0.25, 0.3) is 0 Å². The van der Waals surface area contributed by atoms with Crippen LogP contribution in [-0.4, -0.2) is 20.9 Å². The fourth-order valence-corrected chi connectivity index (χ4v) is 3.54. The summed E-state index contributed by atoms with van der Waals surface area (Å²) in [5.74, 6) is -0.219. The van der Waals surface area contributed by atoms with Crippen LogP contribution in [0.1, 0.15) is 30.0 Å². The summed E-state index contributed by atoms with van der Waals surface area (Å²) in [4.78, 5) is 12.3. The first kappa shape index (κ1) is 19.1. The third-order valence-electron chi connectivity index (χ3n) is 4.11. The van der Waals surface area contributed by atoms with E-state index in [2.05, 4.69) is 10.0 Å². The maximum atomic E-state index is 12.3. The SMILES string of the molecule is CCc1ccccc1NC(=O)CCNS(=O)(=O)c1ccc(C)c(C)c1. The Labute approximate surface area is 149 Å². The fourth-order valence-electron chi connectivity index (χ4n) is 2.43. The van der Waals surface area contributed by atoms with Crippen molar-refractivity contribution in [2.75, 3.05) is 11.9 Å². The second-order valence-electron chi connectivity index (χ2n) is 5.95. The highest BCUT2D eigenvalue weighted by Crippen LogP contribution is 2.16. The number of benzene rings is 2. The van der Waals surface area contributed by atoms with Gasteiger partial charge in [0, 0.05) is 18.7 Å². The van der Waals surface area contributed by atoms with Crippen molar-refractivity contribution in [3.05, 3.63) is 59.2 Å². The van der Waals surface area contributed by atoms with E-state index in [1.807, 2.05) is 45.0 Å². The van der Waals surface area contributed by atoms with Gasteiger partial charge < -0.3 is 5.32 Å². The number of amides is 1. The van der Waals surface area contributed by atoms with Crippen LogP contribution >= 0.6 is 0 Å². The van der Waals surface area contributed by atoms with Gasteiger partial charge in [0.25, 0.3) is 0 Å². The van der Waals surface area contributed by atoms with E-state index in [0.29, 0.717) is 0 Å². The van der Waals surface area contributed by atoms with Crippen molar-refractivity contribution >= 4 is 21.6 Å². The molecule has 134 valence electrons. The fraction of sp³-hybridized carbons (Fsp3) is 0.316. The maximum Gasteiger partial charge on any atom is 0.240 e. The van der Waals surface area contributed by atoms with E-state index in [4.69, 9.17) is 0 Å². The summed E-state index contributed by atoms with van der Waals surface area (Å²) < 4.78 is 27.1. The normalized spacial score (nSPS) is 11.3. The van der Waals surface area contributed by atoms with Gasteiger partial charge in [-0.1, -0.05) is 31.2 Å². The van der Waals surface area contributed by atoms with Gasteiger partial charge in [-0.2, -0.15) is 0 Å². The van der Waals surface area contributed by atoms with E-state index in [-0.39, 0.29) is 23.8 Å². The molecule has 0 heterocycles. The first-order valence-electron chi connectivity index (χ1n) is 8.28. The van der Waals surface area contributed by atoms with Gasteiger partial charge in [-0.05, 0) is 55.2 Å². The number of hydrogen-bond donors (Lipinski definition) is 2. The molecule has 5 nitrogen and oxygen atoms in total. The summed E-state index contributed by atoms with van der Waals surface area (Å²) in [6.07, 6.45) is 0.887. The first-order chi connectivity index (χ1) is 11.8. The highest BCUT2D eigenvalue weighted by Gasteiger charge is 2.15. The van der Waals surface area contributed by atoms with E-state index in [9.17, 15) is 13.2 Å². The number of rotatable bonds is 7. The molecule has 0 saturated carbocycles. The number of carbonyl (C=O) groups is 1. The lowest BCUT2D eigenvalue weighted by Crippen LogP contribution is -2.28. The molecule has 2 N–H and O–H groups in total. The van der Waals surface area contributed by atoms with Gasteiger partial charge >= 0.3 is 0 Å². The Kier molecular flexibility index (Phi) is 6.33. The molecule has 0 spiro atoms. The van der Waals surface area contributed by atoms with Crippen molar-refractivity contribution in [1.82, 2.24) is 4.72 Å². The highest BCUT2D eigenvalue weighted by atomic mass is 32.2. The average molecular weight is 360 g/mol. The molecule has 0 saturated heterocycles. The summed E-state index contributed by atoms with van der Waals surface area (Å²) in [5, 5.41) is 2.83. The van der Waals surface area contributed by atoms with Crippen LogP contribution in [0.15, 0.2) is 47.4 Å². The Morgan fingerprint density at radius 1 is 1.04 bits per heavy atom. The Morgan fingerprint density at radius 3 is 2.44 bits per heavy atom. The van der Waals surface area contributed by atoms with Gasteiger partial charge in [0.1, 0.15) is 0 Å². The summed E-state index contributed by atoms with van der Waals surface area (Å²) in [7, 11) is -3.61. The van der Waals surface area contributed by atoms with E-state index in [1.54, 1.807) is 18.2 Å². The molecule has 2 aromatic carbocycles. The molecule has 0 aromatic heterocycles. The molecule has 0 bridgehead atoms. The second-order valence-corrected chi connectivity index (χ2v) is 7.72. The van der Waals surface area contributed by atoms with Crippen LogP contribution in [0.3, 0.4) is 0 Å². The zero-order valence-corrected chi connectivity index (χ0v) is 15.6. The van der Waals surface area contributed by atoms with Gasteiger partial charge in [0.2, 0.25) is 15.9 Å². The minimum Gasteiger partial charge on any atom is -0.326 e. The smallest absolute Gasteiger partial charge is 0.240 e. The van der Waals surface area contributed by atoms with Gasteiger partial charge in [0.15, 0.2) is 0 Å². The van der Waals surface area contributed by atoms with Crippen LogP contribution < -0.4 is 10.0 Å². The van der Waals surface area contributed by atoms with Gasteiger partial charge in [-0.3, -0.25) is 4.79 Å². The molecule has 25 heavy (non-hydrogen) atoms. The molecule has 0 aliphatic rings. The lowest BCUT2D eigenvalue weighted by atomic mass is 10.1. The van der Waals surface area contributed by atoms with Gasteiger partial charge in [-0.25, -0.2) is 13.1 Å². The Bertz CT molecular complexity index is 861. The largest absolute Gasteiger partial charge is 0.326 e. The van der Waals surface area contributed by atoms with Crippen LogP contribution in [-0.2, 0) is 21.2 Å². The lowest BCUT2D eigenvalue weighted by molar-refractivity contribution is -0.116. The zero-order valence-electron chi connectivity index (χ0n) is 14.8. The third kappa shape index (κ3) is 5.14. The summed E-state index contributed by atoms with van der Waals surface area (Å²) in [5.41, 5.74) is 3.77. The van der Waals surface area contributed by atoms with Crippen molar-refractivity contribution in [3.8, 4) is 0 Å². The number of para-hydroxylation sites is 1. The van der Waals surface area contributed by atoms with Crippen LogP contribution in [0.5, 0.6) is 0 Å². The van der Waals surface area contributed by atoms with Crippen molar-refractivity contribution < 1.29 is 13.2 Å². The second kappa shape index (κ2) is 8.27. The Morgan fingerprint density at radius 2 is 1.76 bits per heavy atom. The average Bonchev–Trinajstić information content (AvgIpc) is 2.57. The molecule has 0 unspecified atom stereocenters. The minimum absolute atomic E-state index is 0.0510. The molecule has 2 aromatic rings. The molecule has 0 fully saturated rings. The number of carbonyl (C=O) groups excluding carboxylic acids is 1.